The van der Waals surface area contributed by atoms with Crippen LogP contribution < -0.4 is 5.32 Å². The van der Waals surface area contributed by atoms with Crippen LogP contribution in [0.4, 0.5) is 13.2 Å². The van der Waals surface area contributed by atoms with E-state index in [4.69, 9.17) is 0 Å². The predicted molar refractivity (Wildman–Crippen MR) is 73.0 cm³/mol. The molecule has 4 heteroatoms. The zero-order chi connectivity index (χ0) is 14.5. The standard InChI is InChI=1S/C15H28F3N/c1-4-9-19-14(10-11(2)3)12-7-5-6-8-13(12)15(16,17)18/h11-14,19H,4-10H2,1-3H3. The number of hydrogen-bond acceptors (Lipinski definition) is 1. The summed E-state index contributed by atoms with van der Waals surface area (Å²) in [6.45, 7) is 7.05. The van der Waals surface area contributed by atoms with Crippen LogP contribution in [0.2, 0.25) is 0 Å². The summed E-state index contributed by atoms with van der Waals surface area (Å²) in [7, 11) is 0. The number of halogens is 3. The molecule has 19 heavy (non-hydrogen) atoms. The fourth-order valence-electron chi connectivity index (χ4n) is 3.29. The summed E-state index contributed by atoms with van der Waals surface area (Å²) >= 11 is 0. The summed E-state index contributed by atoms with van der Waals surface area (Å²) in [6.07, 6.45) is 0.487. The summed E-state index contributed by atoms with van der Waals surface area (Å²) in [4.78, 5) is 0. The average Bonchev–Trinajstić information content (AvgIpc) is 2.33. The molecule has 1 fully saturated rings. The molecule has 114 valence electrons. The molecular weight excluding hydrogens is 251 g/mol. The number of rotatable bonds is 6. The predicted octanol–water partition coefficient (Wildman–Crippen LogP) is 4.77. The van der Waals surface area contributed by atoms with Crippen LogP contribution in [0.1, 0.15) is 59.3 Å². The van der Waals surface area contributed by atoms with Gasteiger partial charge < -0.3 is 5.32 Å². The van der Waals surface area contributed by atoms with E-state index in [2.05, 4.69) is 26.1 Å². The summed E-state index contributed by atoms with van der Waals surface area (Å²) in [6, 6.07) is 0.0203. The quantitative estimate of drug-likeness (QED) is 0.738. The van der Waals surface area contributed by atoms with E-state index < -0.39 is 12.1 Å². The molecule has 1 aliphatic carbocycles. The molecule has 0 heterocycles. The molecule has 0 aliphatic heterocycles. The summed E-state index contributed by atoms with van der Waals surface area (Å²) < 4.78 is 39.6. The Kier molecular flexibility index (Phi) is 6.64. The molecule has 0 bridgehead atoms. The van der Waals surface area contributed by atoms with Gasteiger partial charge in [-0.1, -0.05) is 33.6 Å². The second-order valence-corrected chi connectivity index (χ2v) is 6.29. The van der Waals surface area contributed by atoms with Crippen LogP contribution in [0.3, 0.4) is 0 Å². The van der Waals surface area contributed by atoms with Crippen molar-refractivity contribution in [1.29, 1.82) is 0 Å². The highest BCUT2D eigenvalue weighted by molar-refractivity contribution is 4.88. The number of nitrogens with one attached hydrogen (secondary N) is 1. The maximum atomic E-state index is 13.2. The largest absolute Gasteiger partial charge is 0.392 e. The van der Waals surface area contributed by atoms with Crippen LogP contribution in [0, 0.1) is 17.8 Å². The molecule has 1 aliphatic rings. The van der Waals surface area contributed by atoms with Crippen molar-refractivity contribution < 1.29 is 13.2 Å². The third-order valence-corrected chi connectivity index (χ3v) is 4.14. The van der Waals surface area contributed by atoms with Gasteiger partial charge in [0.2, 0.25) is 0 Å². The van der Waals surface area contributed by atoms with Gasteiger partial charge >= 0.3 is 6.18 Å². The van der Waals surface area contributed by atoms with Crippen molar-refractivity contribution in [2.45, 2.75) is 71.5 Å². The fraction of sp³-hybridized carbons (Fsp3) is 1.00. The Bertz CT molecular complexity index is 250. The SMILES string of the molecule is CCCNC(CC(C)C)C1CCCCC1C(F)(F)F. The van der Waals surface area contributed by atoms with E-state index in [-0.39, 0.29) is 12.0 Å². The Morgan fingerprint density at radius 2 is 1.79 bits per heavy atom. The van der Waals surface area contributed by atoms with E-state index in [1.54, 1.807) is 0 Å². The van der Waals surface area contributed by atoms with E-state index in [0.29, 0.717) is 12.3 Å². The lowest BCUT2D eigenvalue weighted by molar-refractivity contribution is -0.199. The summed E-state index contributed by atoms with van der Waals surface area (Å²) in [5.74, 6) is -0.901. The Hall–Kier alpha value is -0.250. The molecule has 0 radical (unpaired) electrons. The maximum Gasteiger partial charge on any atom is 0.392 e. The zero-order valence-electron chi connectivity index (χ0n) is 12.4. The highest BCUT2D eigenvalue weighted by Crippen LogP contribution is 2.43. The average molecular weight is 279 g/mol. The van der Waals surface area contributed by atoms with Crippen LogP contribution in [0.5, 0.6) is 0 Å². The molecule has 0 saturated heterocycles. The Balaban J connectivity index is 2.77. The summed E-state index contributed by atoms with van der Waals surface area (Å²) in [5, 5.41) is 3.37. The monoisotopic (exact) mass is 279 g/mol. The van der Waals surface area contributed by atoms with Gasteiger partial charge in [-0.15, -0.1) is 0 Å². The molecule has 0 aromatic heterocycles. The summed E-state index contributed by atoms with van der Waals surface area (Å²) in [5.41, 5.74) is 0. The molecular formula is C15H28F3N. The van der Waals surface area contributed by atoms with Crippen molar-refractivity contribution in [1.82, 2.24) is 5.32 Å². The second-order valence-electron chi connectivity index (χ2n) is 6.29. The Labute approximate surface area is 115 Å². The van der Waals surface area contributed by atoms with E-state index in [1.165, 1.54) is 0 Å². The van der Waals surface area contributed by atoms with Crippen molar-refractivity contribution in [2.24, 2.45) is 17.8 Å². The van der Waals surface area contributed by atoms with Crippen LogP contribution in [-0.2, 0) is 0 Å². The zero-order valence-corrected chi connectivity index (χ0v) is 12.4. The first-order valence-electron chi connectivity index (χ1n) is 7.66. The molecule has 0 aromatic carbocycles. The van der Waals surface area contributed by atoms with E-state index in [1.807, 2.05) is 0 Å². The molecule has 0 spiro atoms. The van der Waals surface area contributed by atoms with E-state index in [9.17, 15) is 13.2 Å². The normalized spacial score (nSPS) is 26.7. The first-order chi connectivity index (χ1) is 8.86. The highest BCUT2D eigenvalue weighted by Gasteiger charge is 2.47. The first kappa shape index (κ1) is 16.8. The lowest BCUT2D eigenvalue weighted by atomic mass is 9.73. The van der Waals surface area contributed by atoms with Gasteiger partial charge in [0, 0.05) is 6.04 Å². The Morgan fingerprint density at radius 3 is 2.32 bits per heavy atom. The molecule has 0 amide bonds. The van der Waals surface area contributed by atoms with Crippen molar-refractivity contribution in [3.63, 3.8) is 0 Å². The van der Waals surface area contributed by atoms with Gasteiger partial charge in [-0.05, 0) is 44.1 Å². The van der Waals surface area contributed by atoms with Crippen LogP contribution >= 0.6 is 0 Å². The van der Waals surface area contributed by atoms with Gasteiger partial charge in [0.15, 0.2) is 0 Å². The van der Waals surface area contributed by atoms with Gasteiger partial charge in [0.05, 0.1) is 5.92 Å². The molecule has 1 nitrogen and oxygen atoms in total. The topological polar surface area (TPSA) is 12.0 Å². The van der Waals surface area contributed by atoms with E-state index in [0.717, 1.165) is 38.6 Å². The lowest BCUT2D eigenvalue weighted by Crippen LogP contribution is -2.46. The van der Waals surface area contributed by atoms with Gasteiger partial charge in [0.25, 0.3) is 0 Å². The molecule has 0 aromatic rings. The van der Waals surface area contributed by atoms with Crippen molar-refractivity contribution in [3.8, 4) is 0 Å². The third kappa shape index (κ3) is 5.33. The minimum atomic E-state index is -4.03. The highest BCUT2D eigenvalue weighted by atomic mass is 19.4. The molecule has 1 saturated carbocycles. The van der Waals surface area contributed by atoms with Gasteiger partial charge in [0.1, 0.15) is 0 Å². The molecule has 1 N–H and O–H groups in total. The van der Waals surface area contributed by atoms with Crippen molar-refractivity contribution in [3.05, 3.63) is 0 Å². The second kappa shape index (κ2) is 7.51. The van der Waals surface area contributed by atoms with Crippen molar-refractivity contribution in [2.75, 3.05) is 6.54 Å². The first-order valence-corrected chi connectivity index (χ1v) is 7.66. The number of alkyl halides is 3. The maximum absolute atomic E-state index is 13.2. The van der Waals surface area contributed by atoms with Gasteiger partial charge in [-0.2, -0.15) is 13.2 Å². The minimum Gasteiger partial charge on any atom is -0.314 e. The van der Waals surface area contributed by atoms with Gasteiger partial charge in [-0.25, -0.2) is 0 Å². The molecule has 3 unspecified atom stereocenters. The minimum absolute atomic E-state index is 0.0203. The third-order valence-electron chi connectivity index (χ3n) is 4.14. The lowest BCUT2D eigenvalue weighted by Gasteiger charge is -2.39. The van der Waals surface area contributed by atoms with E-state index >= 15 is 0 Å². The fourth-order valence-corrected chi connectivity index (χ4v) is 3.29. The smallest absolute Gasteiger partial charge is 0.314 e. The van der Waals surface area contributed by atoms with Crippen LogP contribution in [0.15, 0.2) is 0 Å². The number of hydrogen-bond donors (Lipinski definition) is 1. The Morgan fingerprint density at radius 1 is 1.16 bits per heavy atom. The molecule has 1 rings (SSSR count). The van der Waals surface area contributed by atoms with Gasteiger partial charge in [-0.3, -0.25) is 0 Å². The van der Waals surface area contributed by atoms with Crippen LogP contribution in [-0.4, -0.2) is 18.8 Å². The molecule has 3 atom stereocenters. The van der Waals surface area contributed by atoms with Crippen LogP contribution in [0.25, 0.3) is 0 Å². The van der Waals surface area contributed by atoms with Crippen molar-refractivity contribution >= 4 is 0 Å².